The Hall–Kier alpha value is -14.9. The number of nitrogen functional groups attached to an aromatic ring is 4. The van der Waals surface area contributed by atoms with Gasteiger partial charge in [0.25, 0.3) is 63.7 Å². The smallest absolute Gasteiger partial charge is 0.281 e. The molecule has 792 valence electrons. The minimum Gasteiger partial charge on any atom is -0.493 e. The maximum Gasteiger partial charge on any atom is 0.281 e. The lowest BCUT2D eigenvalue weighted by atomic mass is 10.0. The first-order chi connectivity index (χ1) is 71.6. The largest absolute Gasteiger partial charge is 0.493 e. The predicted octanol–water partition coefficient (Wildman–Crippen LogP) is 15.6. The molecule has 1 saturated carbocycles. The van der Waals surface area contributed by atoms with E-state index < -0.39 is 75.4 Å². The Morgan fingerprint density at radius 3 is 1.11 bits per heavy atom. The van der Waals surface area contributed by atoms with Crippen molar-refractivity contribution in [3.8, 4) is 68.3 Å². The molecule has 5 aliphatic heterocycles. The number of nitrogens with one attached hydrogen (secondary N) is 4. The molecule has 0 radical (unpaired) electrons. The van der Waals surface area contributed by atoms with Gasteiger partial charge in [0.05, 0.1) is 70.5 Å². The van der Waals surface area contributed by atoms with Gasteiger partial charge in [0.2, 0.25) is 11.8 Å². The number of ether oxygens (including phenoxy) is 4. The molecule has 2 unspecified atom stereocenters. The van der Waals surface area contributed by atoms with Crippen LogP contribution in [-0.2, 0) is 40.1 Å². The van der Waals surface area contributed by atoms with Gasteiger partial charge in [0.1, 0.15) is 69.7 Å². The normalized spacial score (nSPS) is 16.7. The number of fused-ring (bicyclic) bond motifs is 2. The highest BCUT2D eigenvalue weighted by Crippen LogP contribution is 2.45. The van der Waals surface area contributed by atoms with E-state index in [1.807, 2.05) is 77.3 Å². The van der Waals surface area contributed by atoms with Crippen LogP contribution in [0, 0.1) is 35.3 Å². The number of nitrogens with two attached hydrogens (primary N) is 4. The molecule has 38 nitrogen and oxygen atoms in total. The average molecular weight is 2130 g/mol. The summed E-state index contributed by atoms with van der Waals surface area (Å²) in [6, 6.07) is 46.3. The van der Waals surface area contributed by atoms with Crippen LogP contribution in [0.5, 0.6) is 23.3 Å². The minimum atomic E-state index is -4.28. The van der Waals surface area contributed by atoms with Gasteiger partial charge in [0, 0.05) is 110 Å². The zero-order valence-electron chi connectivity index (χ0n) is 84.7. The van der Waals surface area contributed by atoms with Crippen LogP contribution in [0.4, 0.5) is 55.3 Å². The molecule has 1 aliphatic carbocycles. The van der Waals surface area contributed by atoms with Crippen molar-refractivity contribution < 1.29 is 80.6 Å². The number of aromatic nitrogens is 10. The number of sulfonamides is 4. The average Bonchev–Trinajstić information content (AvgIpc) is 1.64. The number of piperidine rings is 1. The van der Waals surface area contributed by atoms with Gasteiger partial charge in [-0.2, -0.15) is 33.7 Å². The topological polar surface area (TPSA) is 536 Å². The second kappa shape index (κ2) is 48.1. The molecule has 6 aliphatic rings. The Labute approximate surface area is 871 Å². The summed E-state index contributed by atoms with van der Waals surface area (Å²) in [5.74, 6) is 0.940. The third-order valence-electron chi connectivity index (χ3n) is 25.5. The van der Waals surface area contributed by atoms with Crippen LogP contribution >= 0.6 is 0 Å². The van der Waals surface area contributed by atoms with E-state index in [0.717, 1.165) is 127 Å². The van der Waals surface area contributed by atoms with Crippen molar-refractivity contribution in [2.75, 3.05) is 88.5 Å². The summed E-state index contributed by atoms with van der Waals surface area (Å²) in [4.78, 5) is 105. The van der Waals surface area contributed by atoms with Gasteiger partial charge < -0.3 is 61.5 Å². The summed E-state index contributed by atoms with van der Waals surface area (Å²) in [5, 5.41) is -1.36. The van der Waals surface area contributed by atoms with Crippen molar-refractivity contribution in [3.05, 3.63) is 228 Å². The first-order valence-corrected chi connectivity index (χ1v) is 55.9. The van der Waals surface area contributed by atoms with E-state index in [4.69, 9.17) is 61.8 Å². The predicted molar refractivity (Wildman–Crippen MR) is 567 cm³/mol. The van der Waals surface area contributed by atoms with Crippen LogP contribution in [-0.4, -0.2) is 183 Å². The highest BCUT2D eigenvalue weighted by molar-refractivity contribution is 7.91. The lowest BCUT2D eigenvalue weighted by Gasteiger charge is -2.37. The molecular weight excluding hydrogens is 2000 g/mol. The molecule has 4 atom stereocenters. The molecule has 15 heterocycles. The second-order valence-corrected chi connectivity index (χ2v) is 45.4. The molecule has 10 aromatic heterocycles. The third-order valence-corrected chi connectivity index (χ3v) is 30.4. The van der Waals surface area contributed by atoms with E-state index in [-0.39, 0.29) is 108 Å². The molecule has 6 fully saturated rings. The van der Waals surface area contributed by atoms with Crippen LogP contribution < -0.4 is 80.4 Å². The molecule has 5 saturated heterocycles. The minimum absolute atomic E-state index is 0.00714. The summed E-state index contributed by atoms with van der Waals surface area (Å²) in [6.07, 6.45) is 18.6. The summed E-state index contributed by atoms with van der Waals surface area (Å²) < 4.78 is 163. The Morgan fingerprint density at radius 1 is 0.380 bits per heavy atom. The van der Waals surface area contributed by atoms with E-state index in [0.29, 0.717) is 119 Å². The maximum atomic E-state index is 14.5. The van der Waals surface area contributed by atoms with Gasteiger partial charge in [-0.05, 0) is 262 Å². The SMILES string of the molecule is CC(C)COc1cc(F)cc(-c2ccc(C(=O)NS(=O)(=O)c3cccc(N)n3)c(N3[C@@H]4CCC[C@H]3CC4)n2)c1.CC(C)Oc1ccc(-c2ccc(C(=O)NS(=O)(=O)c3cccc(N)n3)c(N3CCCC3C3CC3)n2)cn1.CC(C)Oc1ccc(-c2ccc(C(=O)NS(=O)(=O)c3cccc(N)n3)c(N3CCCCCC3)n2)cn1.CCC1CCN(c2nc(-c3cc(F)cc(OCC(C)C)c3)ccc2C(=O)NS(=O)(=O)c2cccc(N)n2)C1. The monoisotopic (exact) mass is 2130 g/mol. The Bertz CT molecular complexity index is 7370. The van der Waals surface area contributed by atoms with Gasteiger partial charge in [-0.1, -0.05) is 78.1 Å². The van der Waals surface area contributed by atoms with Gasteiger partial charge >= 0.3 is 0 Å². The van der Waals surface area contributed by atoms with Crippen molar-refractivity contribution >= 4 is 110 Å². The molecule has 150 heavy (non-hydrogen) atoms. The fourth-order valence-corrected chi connectivity index (χ4v) is 22.0. The molecule has 18 rings (SSSR count). The van der Waals surface area contributed by atoms with Crippen LogP contribution in [0.2, 0.25) is 0 Å². The summed E-state index contributed by atoms with van der Waals surface area (Å²) in [5.41, 5.74) is 27.8. The molecular formula is C106H124F2N22O16S4. The number of halogens is 2. The molecule has 4 amide bonds. The van der Waals surface area contributed by atoms with E-state index in [1.165, 1.54) is 103 Å². The molecule has 12 aromatic rings. The standard InChI is InChI=1S/C28H32FN5O4S.C27H32FN5O4S.C26H30N6O4S.C25H30N6O4S/c1-17(2)16-38-22-14-18(13-19(29)15-22)24-12-11-23(27(31-24)34-20-5-3-6-21(34)10-9-20)28(35)33-39(36,37)26-8-4-7-25(30)32-26;1-4-18-10-11-33(15-18)26-22(27(34)32-38(35,36)25-7-5-6-24(29)31-25)8-9-23(30-26)19-12-20(28)14-21(13-19)37-16-17(2)3;1-16(2)36-23-13-10-18(15-28-23)20-12-11-19(25(29-20)32-14-4-5-21(32)17-8-9-17)26(33)31-37(34,35)24-7-3-6-22(27)30-24;1-17(2)35-22-13-10-18(16-27-22)20-12-11-19(24(28-20)31-14-5-3-4-6-15-31)25(32)30-36(33,34)23-9-7-8-21(26)29-23/h4,7-8,11-15,17,20-21H,3,5-6,9-10,16H2,1-2H3,(H2,30,32)(H,33,35);5-9,12-14,17-18H,4,10-11,15-16H2,1-3H3,(H2,29,31)(H,32,34);3,6-7,10-13,15-17,21H,4-5,8-9,14H2,1-2H3,(H2,27,30)(H,31,33);7-13,16-17H,3-6,14-15H2,1-2H3,(H2,26,29)(H,30,32)/t20-,21+;;;. The Balaban J connectivity index is 0.000000149. The summed E-state index contributed by atoms with van der Waals surface area (Å²) in [7, 11) is -17.0. The molecule has 2 bridgehead atoms. The number of pyridine rings is 10. The molecule has 12 N–H and O–H groups in total. The molecule has 2 aromatic carbocycles. The van der Waals surface area contributed by atoms with Crippen molar-refractivity contribution in [1.82, 2.24) is 68.7 Å². The first kappa shape index (κ1) is 109. The van der Waals surface area contributed by atoms with Crippen molar-refractivity contribution in [1.29, 1.82) is 0 Å². The first-order valence-electron chi connectivity index (χ1n) is 50.0. The van der Waals surface area contributed by atoms with E-state index >= 15 is 0 Å². The maximum absolute atomic E-state index is 14.5. The Kier molecular flexibility index (Phi) is 35.1. The van der Waals surface area contributed by atoms with Gasteiger partial charge in [-0.25, -0.2) is 77.5 Å². The fraction of sp³-hybridized carbons (Fsp3) is 0.377. The zero-order valence-corrected chi connectivity index (χ0v) is 88.0. The van der Waals surface area contributed by atoms with Gasteiger partial charge in [-0.15, -0.1) is 0 Å². The highest BCUT2D eigenvalue weighted by Gasteiger charge is 2.43. The number of carbonyl (C=O) groups is 4. The van der Waals surface area contributed by atoms with Crippen LogP contribution in [0.25, 0.3) is 45.0 Å². The van der Waals surface area contributed by atoms with Crippen molar-refractivity contribution in [2.45, 2.75) is 209 Å². The number of rotatable bonds is 32. The number of nitrogens with zero attached hydrogens (tertiary/aromatic N) is 14. The van der Waals surface area contributed by atoms with Crippen LogP contribution in [0.1, 0.15) is 200 Å². The lowest BCUT2D eigenvalue weighted by molar-refractivity contribution is 0.0972. The number of anilines is 8. The van der Waals surface area contributed by atoms with Crippen LogP contribution in [0.3, 0.4) is 0 Å². The quantitative estimate of drug-likeness (QED) is 0.0194. The van der Waals surface area contributed by atoms with Crippen LogP contribution in [0.15, 0.2) is 214 Å². The number of amides is 4. The molecule has 44 heteroatoms. The summed E-state index contributed by atoms with van der Waals surface area (Å²) in [6.45, 7) is 22.2. The lowest BCUT2D eigenvalue weighted by Crippen LogP contribution is -2.42. The number of benzene rings is 2. The summed E-state index contributed by atoms with van der Waals surface area (Å²) >= 11 is 0. The van der Waals surface area contributed by atoms with Crippen molar-refractivity contribution in [3.63, 3.8) is 0 Å². The fourth-order valence-electron chi connectivity index (χ4n) is 18.2. The Morgan fingerprint density at radius 2 is 0.753 bits per heavy atom. The number of carbonyl (C=O) groups excluding carboxylic acids is 4. The number of hydrogen-bond acceptors (Lipinski definition) is 34. The zero-order chi connectivity index (χ0) is 107. The van der Waals surface area contributed by atoms with Gasteiger partial charge in [-0.3, -0.25) is 19.2 Å². The van der Waals surface area contributed by atoms with E-state index in [1.54, 1.807) is 79.1 Å². The van der Waals surface area contributed by atoms with Gasteiger partial charge in [0.15, 0.2) is 20.1 Å². The highest BCUT2D eigenvalue weighted by atomic mass is 32.2. The van der Waals surface area contributed by atoms with Crippen molar-refractivity contribution in [2.24, 2.45) is 23.7 Å². The van der Waals surface area contributed by atoms with E-state index in [9.17, 15) is 61.6 Å². The second-order valence-electron chi connectivity index (χ2n) is 38.9. The number of hydrogen-bond donors (Lipinski definition) is 8. The third kappa shape index (κ3) is 28.2. The molecule has 0 spiro atoms. The van der Waals surface area contributed by atoms with E-state index in [2.05, 4.69) is 65.5 Å².